The number of hydrogen-bond donors (Lipinski definition) is 3. The SMILES string of the molecule is O=C(O)c1ccc(C[C@H](NC(=O)c2ccccn2)C(=O)O)cc1. The van der Waals surface area contributed by atoms with Crippen LogP contribution >= 0.6 is 0 Å². The number of rotatable bonds is 6. The van der Waals surface area contributed by atoms with Gasteiger partial charge in [0.05, 0.1) is 5.56 Å². The van der Waals surface area contributed by atoms with E-state index in [0.717, 1.165) is 0 Å². The predicted molar refractivity (Wildman–Crippen MR) is 80.2 cm³/mol. The van der Waals surface area contributed by atoms with Crippen LogP contribution in [-0.2, 0) is 11.2 Å². The standard InChI is InChI=1S/C16H14N2O5/c19-14(12-3-1-2-8-17-12)18-13(16(22)23)9-10-4-6-11(7-5-10)15(20)21/h1-8,13H,9H2,(H,18,19)(H,20,21)(H,22,23)/t13-/m0/s1. The predicted octanol–water partition coefficient (Wildman–Crippen LogP) is 1.21. The van der Waals surface area contributed by atoms with Gasteiger partial charge in [-0.15, -0.1) is 0 Å². The van der Waals surface area contributed by atoms with Crippen molar-refractivity contribution < 1.29 is 24.6 Å². The van der Waals surface area contributed by atoms with E-state index in [-0.39, 0.29) is 17.7 Å². The van der Waals surface area contributed by atoms with Crippen LogP contribution in [0.15, 0.2) is 48.7 Å². The van der Waals surface area contributed by atoms with Gasteiger partial charge in [-0.25, -0.2) is 9.59 Å². The number of aromatic nitrogens is 1. The van der Waals surface area contributed by atoms with Crippen molar-refractivity contribution in [2.24, 2.45) is 0 Å². The Kier molecular flexibility index (Phi) is 5.03. The fourth-order valence-corrected chi connectivity index (χ4v) is 1.95. The molecule has 23 heavy (non-hydrogen) atoms. The first-order chi connectivity index (χ1) is 11.0. The van der Waals surface area contributed by atoms with Crippen molar-refractivity contribution in [3.8, 4) is 0 Å². The third-order valence-corrected chi connectivity index (χ3v) is 3.14. The maximum absolute atomic E-state index is 12.0. The molecule has 3 N–H and O–H groups in total. The summed E-state index contributed by atoms with van der Waals surface area (Å²) in [6.07, 6.45) is 1.48. The second-order valence-corrected chi connectivity index (χ2v) is 4.79. The second-order valence-electron chi connectivity index (χ2n) is 4.79. The van der Waals surface area contributed by atoms with Crippen molar-refractivity contribution in [1.29, 1.82) is 0 Å². The number of benzene rings is 1. The first-order valence-corrected chi connectivity index (χ1v) is 6.74. The fourth-order valence-electron chi connectivity index (χ4n) is 1.95. The molecule has 2 aromatic rings. The van der Waals surface area contributed by atoms with Crippen LogP contribution in [0.4, 0.5) is 0 Å². The number of hydrogen-bond acceptors (Lipinski definition) is 4. The molecule has 1 amide bonds. The summed E-state index contributed by atoms with van der Waals surface area (Å²) in [4.78, 5) is 37.9. The molecule has 1 heterocycles. The van der Waals surface area contributed by atoms with Gasteiger partial charge in [-0.2, -0.15) is 0 Å². The van der Waals surface area contributed by atoms with Crippen molar-refractivity contribution in [3.05, 3.63) is 65.5 Å². The minimum atomic E-state index is -1.18. The molecular weight excluding hydrogens is 300 g/mol. The van der Waals surface area contributed by atoms with Gasteiger partial charge in [-0.05, 0) is 29.8 Å². The Morgan fingerprint density at radius 3 is 2.26 bits per heavy atom. The molecule has 0 aliphatic carbocycles. The van der Waals surface area contributed by atoms with E-state index >= 15 is 0 Å². The highest BCUT2D eigenvalue weighted by atomic mass is 16.4. The fraction of sp³-hybridized carbons (Fsp3) is 0.125. The van der Waals surface area contributed by atoms with Crippen LogP contribution in [0.25, 0.3) is 0 Å². The molecule has 0 aliphatic rings. The molecule has 118 valence electrons. The van der Waals surface area contributed by atoms with E-state index in [4.69, 9.17) is 5.11 Å². The summed E-state index contributed by atoms with van der Waals surface area (Å²) in [5.41, 5.74) is 0.835. The van der Waals surface area contributed by atoms with Crippen LogP contribution in [0.1, 0.15) is 26.4 Å². The lowest BCUT2D eigenvalue weighted by atomic mass is 10.0. The number of aromatic carboxylic acids is 1. The number of aliphatic carboxylic acids is 1. The Morgan fingerprint density at radius 2 is 1.74 bits per heavy atom. The van der Waals surface area contributed by atoms with Gasteiger partial charge in [0.25, 0.3) is 5.91 Å². The Hall–Kier alpha value is -3.22. The van der Waals surface area contributed by atoms with Gasteiger partial charge < -0.3 is 15.5 Å². The topological polar surface area (TPSA) is 117 Å². The monoisotopic (exact) mass is 314 g/mol. The molecule has 1 aromatic heterocycles. The highest BCUT2D eigenvalue weighted by molar-refractivity contribution is 5.95. The summed E-state index contributed by atoms with van der Waals surface area (Å²) in [5, 5.41) is 20.5. The summed E-state index contributed by atoms with van der Waals surface area (Å²) in [6.45, 7) is 0. The zero-order chi connectivity index (χ0) is 16.8. The van der Waals surface area contributed by atoms with Crippen LogP contribution in [-0.4, -0.2) is 39.1 Å². The molecule has 0 radical (unpaired) electrons. The number of carbonyl (C=O) groups is 3. The first-order valence-electron chi connectivity index (χ1n) is 6.74. The molecule has 1 aromatic carbocycles. The van der Waals surface area contributed by atoms with Gasteiger partial charge in [0.1, 0.15) is 11.7 Å². The molecule has 0 unspecified atom stereocenters. The van der Waals surface area contributed by atoms with E-state index in [1.165, 1.54) is 36.5 Å². The van der Waals surface area contributed by atoms with Crippen LogP contribution in [0, 0.1) is 0 Å². The van der Waals surface area contributed by atoms with E-state index in [0.29, 0.717) is 5.56 Å². The summed E-state index contributed by atoms with van der Waals surface area (Å²) < 4.78 is 0. The Balaban J connectivity index is 2.08. The highest BCUT2D eigenvalue weighted by Gasteiger charge is 2.21. The highest BCUT2D eigenvalue weighted by Crippen LogP contribution is 2.08. The van der Waals surface area contributed by atoms with E-state index < -0.39 is 23.9 Å². The molecule has 2 rings (SSSR count). The molecule has 0 spiro atoms. The number of carboxylic acid groups (broad SMARTS) is 2. The Labute approximate surface area is 131 Å². The molecule has 0 bridgehead atoms. The van der Waals surface area contributed by atoms with E-state index in [1.54, 1.807) is 12.1 Å². The number of carbonyl (C=O) groups excluding carboxylic acids is 1. The lowest BCUT2D eigenvalue weighted by Gasteiger charge is -2.14. The number of nitrogens with zero attached hydrogens (tertiary/aromatic N) is 1. The van der Waals surface area contributed by atoms with Gasteiger partial charge >= 0.3 is 11.9 Å². The molecule has 1 atom stereocenters. The summed E-state index contributed by atoms with van der Waals surface area (Å²) in [7, 11) is 0. The zero-order valence-electron chi connectivity index (χ0n) is 12.0. The molecule has 7 heteroatoms. The molecule has 0 saturated carbocycles. The van der Waals surface area contributed by atoms with Gasteiger partial charge in [0.15, 0.2) is 0 Å². The lowest BCUT2D eigenvalue weighted by molar-refractivity contribution is -0.139. The minimum absolute atomic E-state index is 0.0355. The molecule has 0 aliphatic heterocycles. The smallest absolute Gasteiger partial charge is 0.335 e. The average Bonchev–Trinajstić information content (AvgIpc) is 2.55. The number of pyridine rings is 1. The van der Waals surface area contributed by atoms with Crippen LogP contribution in [0.3, 0.4) is 0 Å². The van der Waals surface area contributed by atoms with Crippen molar-refractivity contribution in [2.45, 2.75) is 12.5 Å². The van der Waals surface area contributed by atoms with Crippen molar-refractivity contribution in [2.75, 3.05) is 0 Å². The first kappa shape index (κ1) is 16.2. The Morgan fingerprint density at radius 1 is 1.04 bits per heavy atom. The van der Waals surface area contributed by atoms with Gasteiger partial charge in [-0.1, -0.05) is 18.2 Å². The second kappa shape index (κ2) is 7.17. The number of amides is 1. The molecule has 0 fully saturated rings. The van der Waals surface area contributed by atoms with E-state index in [1.807, 2.05) is 0 Å². The summed E-state index contributed by atoms with van der Waals surface area (Å²) in [5.74, 6) is -2.83. The van der Waals surface area contributed by atoms with Gasteiger partial charge in [-0.3, -0.25) is 9.78 Å². The maximum Gasteiger partial charge on any atom is 0.335 e. The van der Waals surface area contributed by atoms with Crippen molar-refractivity contribution >= 4 is 17.8 Å². The van der Waals surface area contributed by atoms with Gasteiger partial charge in [0.2, 0.25) is 0 Å². The van der Waals surface area contributed by atoms with Crippen LogP contribution in [0.5, 0.6) is 0 Å². The van der Waals surface area contributed by atoms with Crippen LogP contribution < -0.4 is 5.32 Å². The number of nitrogens with one attached hydrogen (secondary N) is 1. The average molecular weight is 314 g/mol. The Bertz CT molecular complexity index is 713. The molecule has 7 nitrogen and oxygen atoms in total. The third-order valence-electron chi connectivity index (χ3n) is 3.14. The largest absolute Gasteiger partial charge is 0.480 e. The molecular formula is C16H14N2O5. The van der Waals surface area contributed by atoms with Crippen molar-refractivity contribution in [3.63, 3.8) is 0 Å². The minimum Gasteiger partial charge on any atom is -0.480 e. The summed E-state index contributed by atoms with van der Waals surface area (Å²) >= 11 is 0. The van der Waals surface area contributed by atoms with E-state index in [9.17, 15) is 19.5 Å². The van der Waals surface area contributed by atoms with Gasteiger partial charge in [0, 0.05) is 12.6 Å². The zero-order valence-corrected chi connectivity index (χ0v) is 12.0. The molecule has 0 saturated heterocycles. The number of carboxylic acids is 2. The van der Waals surface area contributed by atoms with Crippen LogP contribution in [0.2, 0.25) is 0 Å². The quantitative estimate of drug-likeness (QED) is 0.738. The lowest BCUT2D eigenvalue weighted by Crippen LogP contribution is -2.42. The van der Waals surface area contributed by atoms with E-state index in [2.05, 4.69) is 10.3 Å². The normalized spacial score (nSPS) is 11.5. The third kappa shape index (κ3) is 4.37. The maximum atomic E-state index is 12.0. The summed E-state index contributed by atoms with van der Waals surface area (Å²) in [6, 6.07) is 9.43. The van der Waals surface area contributed by atoms with Crippen molar-refractivity contribution in [1.82, 2.24) is 10.3 Å².